The van der Waals surface area contributed by atoms with E-state index >= 15 is 0 Å². The Hall–Kier alpha value is -1.22. The van der Waals surface area contributed by atoms with Gasteiger partial charge in [-0.25, -0.2) is 0 Å². The first-order valence-corrected chi connectivity index (χ1v) is 8.24. The number of hydrogen-bond donors (Lipinski definition) is 1. The molecule has 1 saturated heterocycles. The highest BCUT2D eigenvalue weighted by Gasteiger charge is 2.15. The zero-order valence-corrected chi connectivity index (χ0v) is 13.8. The SMILES string of the molecule is Cc1cc(C)c(NCCC(=O)N2CCCCCC2)c(Cl)c1. The van der Waals surface area contributed by atoms with Crippen LogP contribution in [0, 0.1) is 13.8 Å². The summed E-state index contributed by atoms with van der Waals surface area (Å²) in [4.78, 5) is 14.2. The van der Waals surface area contributed by atoms with E-state index in [1.807, 2.05) is 24.8 Å². The van der Waals surface area contributed by atoms with Gasteiger partial charge in [-0.3, -0.25) is 4.79 Å². The third kappa shape index (κ3) is 4.63. The molecule has 1 amide bonds. The number of nitrogens with one attached hydrogen (secondary N) is 1. The second-order valence-corrected chi connectivity index (χ2v) is 6.32. The minimum Gasteiger partial charge on any atom is -0.383 e. The van der Waals surface area contributed by atoms with Crippen LogP contribution in [0.1, 0.15) is 43.2 Å². The lowest BCUT2D eigenvalue weighted by Crippen LogP contribution is -2.32. The molecule has 0 unspecified atom stereocenters. The Morgan fingerprint density at radius 2 is 1.86 bits per heavy atom. The Morgan fingerprint density at radius 3 is 2.48 bits per heavy atom. The Balaban J connectivity index is 1.85. The van der Waals surface area contributed by atoms with Crippen LogP contribution in [-0.2, 0) is 4.79 Å². The number of carbonyl (C=O) groups excluding carboxylic acids is 1. The van der Waals surface area contributed by atoms with E-state index in [1.165, 1.54) is 12.8 Å². The molecule has 0 spiro atoms. The summed E-state index contributed by atoms with van der Waals surface area (Å²) in [6.07, 6.45) is 5.31. The van der Waals surface area contributed by atoms with Gasteiger partial charge in [0.2, 0.25) is 5.91 Å². The van der Waals surface area contributed by atoms with Crippen molar-refractivity contribution in [2.24, 2.45) is 0 Å². The van der Waals surface area contributed by atoms with Gasteiger partial charge in [0.1, 0.15) is 0 Å². The van der Waals surface area contributed by atoms with Crippen LogP contribution in [0.4, 0.5) is 5.69 Å². The zero-order chi connectivity index (χ0) is 15.2. The molecule has 1 N–H and O–H groups in total. The number of rotatable bonds is 4. The number of likely N-dealkylation sites (tertiary alicyclic amines) is 1. The second kappa shape index (κ2) is 7.69. The van der Waals surface area contributed by atoms with E-state index < -0.39 is 0 Å². The van der Waals surface area contributed by atoms with Gasteiger partial charge in [0.15, 0.2) is 0 Å². The van der Waals surface area contributed by atoms with Crippen molar-refractivity contribution in [3.05, 3.63) is 28.3 Å². The van der Waals surface area contributed by atoms with Gasteiger partial charge in [0, 0.05) is 26.1 Å². The molecule has 3 nitrogen and oxygen atoms in total. The molecule has 0 saturated carbocycles. The minimum atomic E-state index is 0.255. The smallest absolute Gasteiger partial charge is 0.224 e. The van der Waals surface area contributed by atoms with E-state index in [4.69, 9.17) is 11.6 Å². The van der Waals surface area contributed by atoms with Crippen molar-refractivity contribution in [1.82, 2.24) is 4.90 Å². The number of amides is 1. The molecule has 1 aliphatic rings. The predicted octanol–water partition coefficient (Wildman–Crippen LogP) is 4.16. The summed E-state index contributed by atoms with van der Waals surface area (Å²) in [6, 6.07) is 4.05. The molecule has 21 heavy (non-hydrogen) atoms. The molecule has 1 heterocycles. The first-order chi connectivity index (χ1) is 10.1. The molecule has 116 valence electrons. The highest BCUT2D eigenvalue weighted by atomic mass is 35.5. The summed E-state index contributed by atoms with van der Waals surface area (Å²) < 4.78 is 0. The predicted molar refractivity (Wildman–Crippen MR) is 89.1 cm³/mol. The second-order valence-electron chi connectivity index (χ2n) is 5.91. The third-order valence-electron chi connectivity index (χ3n) is 4.03. The van der Waals surface area contributed by atoms with Gasteiger partial charge < -0.3 is 10.2 Å². The Kier molecular flexibility index (Phi) is 5.92. The molecule has 0 aliphatic carbocycles. The van der Waals surface area contributed by atoms with Crippen molar-refractivity contribution in [3.63, 3.8) is 0 Å². The van der Waals surface area contributed by atoms with E-state index in [1.54, 1.807) is 0 Å². The zero-order valence-electron chi connectivity index (χ0n) is 13.0. The molecule has 0 aromatic heterocycles. The maximum atomic E-state index is 12.2. The van der Waals surface area contributed by atoms with Crippen molar-refractivity contribution in [2.75, 3.05) is 25.0 Å². The molecule has 1 aromatic rings. The van der Waals surface area contributed by atoms with E-state index in [0.717, 1.165) is 47.8 Å². The van der Waals surface area contributed by atoms with E-state index in [-0.39, 0.29) is 5.91 Å². The number of anilines is 1. The minimum absolute atomic E-state index is 0.255. The quantitative estimate of drug-likeness (QED) is 0.905. The van der Waals surface area contributed by atoms with Crippen LogP contribution in [0.2, 0.25) is 5.02 Å². The maximum Gasteiger partial charge on any atom is 0.224 e. The number of hydrogen-bond acceptors (Lipinski definition) is 2. The summed E-state index contributed by atoms with van der Waals surface area (Å²) in [6.45, 7) is 6.55. The van der Waals surface area contributed by atoms with Gasteiger partial charge >= 0.3 is 0 Å². The fraction of sp³-hybridized carbons (Fsp3) is 0.588. The summed E-state index contributed by atoms with van der Waals surface area (Å²) in [7, 11) is 0. The lowest BCUT2D eigenvalue weighted by molar-refractivity contribution is -0.130. The first-order valence-electron chi connectivity index (χ1n) is 7.86. The van der Waals surface area contributed by atoms with Crippen molar-refractivity contribution >= 4 is 23.2 Å². The highest BCUT2D eigenvalue weighted by Crippen LogP contribution is 2.27. The molecule has 0 radical (unpaired) electrons. The van der Waals surface area contributed by atoms with Crippen molar-refractivity contribution < 1.29 is 4.79 Å². The number of nitrogens with zero attached hydrogens (tertiary/aromatic N) is 1. The third-order valence-corrected chi connectivity index (χ3v) is 4.33. The van der Waals surface area contributed by atoms with Crippen LogP contribution in [0.25, 0.3) is 0 Å². The molecule has 0 atom stereocenters. The van der Waals surface area contributed by atoms with Gasteiger partial charge in [-0.05, 0) is 43.9 Å². The molecular weight excluding hydrogens is 284 g/mol. The lowest BCUT2D eigenvalue weighted by atomic mass is 10.1. The molecular formula is C17H25ClN2O. The van der Waals surface area contributed by atoms with Crippen molar-refractivity contribution in [3.8, 4) is 0 Å². The molecule has 2 rings (SSSR count). The van der Waals surface area contributed by atoms with Crippen molar-refractivity contribution in [2.45, 2.75) is 46.0 Å². The van der Waals surface area contributed by atoms with Crippen LogP contribution in [0.5, 0.6) is 0 Å². The number of benzene rings is 1. The van der Waals surface area contributed by atoms with Gasteiger partial charge in [0.25, 0.3) is 0 Å². The summed E-state index contributed by atoms with van der Waals surface area (Å²) >= 11 is 6.26. The summed E-state index contributed by atoms with van der Waals surface area (Å²) in [5, 5.41) is 4.05. The Bertz CT molecular complexity index is 471. The van der Waals surface area contributed by atoms with Gasteiger partial charge in [-0.2, -0.15) is 0 Å². The Morgan fingerprint density at radius 1 is 1.19 bits per heavy atom. The van der Waals surface area contributed by atoms with E-state index in [9.17, 15) is 4.79 Å². The average Bonchev–Trinajstić information content (AvgIpc) is 2.70. The first kappa shape index (κ1) is 16.2. The maximum absolute atomic E-state index is 12.2. The fourth-order valence-electron chi connectivity index (χ4n) is 2.91. The van der Waals surface area contributed by atoms with E-state index in [0.29, 0.717) is 13.0 Å². The Labute approximate surface area is 132 Å². The van der Waals surface area contributed by atoms with Crippen LogP contribution in [0.3, 0.4) is 0 Å². The largest absolute Gasteiger partial charge is 0.383 e. The molecule has 4 heteroatoms. The number of carbonyl (C=O) groups is 1. The number of halogens is 1. The monoisotopic (exact) mass is 308 g/mol. The molecule has 1 fully saturated rings. The standard InChI is InChI=1S/C17H25ClN2O/c1-13-11-14(2)17(15(18)12-13)19-8-7-16(21)20-9-5-3-4-6-10-20/h11-12,19H,3-10H2,1-2H3. The highest BCUT2D eigenvalue weighted by molar-refractivity contribution is 6.33. The van der Waals surface area contributed by atoms with Crippen LogP contribution in [-0.4, -0.2) is 30.4 Å². The topological polar surface area (TPSA) is 32.3 Å². The normalized spacial score (nSPS) is 15.7. The molecule has 1 aliphatic heterocycles. The van der Waals surface area contributed by atoms with Crippen LogP contribution < -0.4 is 5.32 Å². The lowest BCUT2D eigenvalue weighted by Gasteiger charge is -2.20. The summed E-state index contributed by atoms with van der Waals surface area (Å²) in [5.74, 6) is 0.255. The summed E-state index contributed by atoms with van der Waals surface area (Å²) in [5.41, 5.74) is 3.23. The average molecular weight is 309 g/mol. The van der Waals surface area contributed by atoms with Crippen molar-refractivity contribution in [1.29, 1.82) is 0 Å². The van der Waals surface area contributed by atoms with Crippen LogP contribution in [0.15, 0.2) is 12.1 Å². The fourth-order valence-corrected chi connectivity index (χ4v) is 3.30. The van der Waals surface area contributed by atoms with Gasteiger partial charge in [-0.1, -0.05) is 30.5 Å². The van der Waals surface area contributed by atoms with Gasteiger partial charge in [0.05, 0.1) is 10.7 Å². The molecule has 0 bridgehead atoms. The molecule has 1 aromatic carbocycles. The van der Waals surface area contributed by atoms with E-state index in [2.05, 4.69) is 11.4 Å². The number of aryl methyl sites for hydroxylation is 2. The van der Waals surface area contributed by atoms with Gasteiger partial charge in [-0.15, -0.1) is 0 Å². The van der Waals surface area contributed by atoms with Crippen LogP contribution >= 0.6 is 11.6 Å².